The first-order chi connectivity index (χ1) is 8.21. The van der Waals surface area contributed by atoms with Crippen molar-refractivity contribution in [2.24, 2.45) is 0 Å². The molecule has 3 rings (SSSR count). The van der Waals surface area contributed by atoms with Gasteiger partial charge in [0.05, 0.1) is 3.23 Å². The van der Waals surface area contributed by atoms with Gasteiger partial charge in [0.1, 0.15) is 0 Å². The van der Waals surface area contributed by atoms with Gasteiger partial charge in [-0.15, -0.1) is 0 Å². The van der Waals surface area contributed by atoms with Crippen molar-refractivity contribution in [3.63, 3.8) is 0 Å². The van der Waals surface area contributed by atoms with E-state index in [-0.39, 0.29) is 3.23 Å². The second-order valence-corrected chi connectivity index (χ2v) is 8.14. The van der Waals surface area contributed by atoms with Gasteiger partial charge in [0.2, 0.25) is 0 Å². The summed E-state index contributed by atoms with van der Waals surface area (Å²) in [6, 6.07) is 21.3. The topological polar surface area (TPSA) is 0 Å². The zero-order valence-electron chi connectivity index (χ0n) is 9.18. The quantitative estimate of drug-likeness (QED) is 0.664. The fourth-order valence-corrected chi connectivity index (χ4v) is 4.33. The van der Waals surface area contributed by atoms with Gasteiger partial charge in [-0.05, 0) is 11.1 Å². The molecule has 0 aliphatic heterocycles. The van der Waals surface area contributed by atoms with Gasteiger partial charge in [-0.25, -0.2) is 0 Å². The van der Waals surface area contributed by atoms with Crippen molar-refractivity contribution in [3.05, 3.63) is 71.8 Å². The Labute approximate surface area is 118 Å². The molecule has 0 bridgehead atoms. The van der Waals surface area contributed by atoms with E-state index in [4.69, 9.17) is 0 Å². The molecule has 0 spiro atoms. The van der Waals surface area contributed by atoms with Gasteiger partial charge >= 0.3 is 0 Å². The Balaban J connectivity index is 1.95. The van der Waals surface area contributed by atoms with Crippen LogP contribution in [0.5, 0.6) is 0 Å². The highest BCUT2D eigenvalue weighted by Gasteiger charge is 2.62. The third-order valence-corrected chi connectivity index (χ3v) is 5.34. The first-order valence-electron chi connectivity index (χ1n) is 5.69. The minimum Gasteiger partial charge on any atom is -0.0713 e. The van der Waals surface area contributed by atoms with Crippen LogP contribution in [0.1, 0.15) is 23.0 Å². The lowest BCUT2D eigenvalue weighted by molar-refractivity contribution is 1.03. The highest BCUT2D eigenvalue weighted by Crippen LogP contribution is 2.72. The molecule has 0 radical (unpaired) electrons. The molecule has 0 aromatic heterocycles. The van der Waals surface area contributed by atoms with Crippen molar-refractivity contribution < 1.29 is 0 Å². The average molecular weight is 352 g/mol. The molecule has 0 saturated heterocycles. The fraction of sp³-hybridized carbons (Fsp3) is 0.200. The molecule has 1 fully saturated rings. The number of benzene rings is 2. The smallest absolute Gasteiger partial charge is 0.0713 e. The molecule has 0 N–H and O–H groups in total. The van der Waals surface area contributed by atoms with Crippen LogP contribution in [0, 0.1) is 0 Å². The fourth-order valence-electron chi connectivity index (χ4n) is 2.48. The molecule has 2 aromatic carbocycles. The number of hydrogen-bond donors (Lipinski definition) is 0. The summed E-state index contributed by atoms with van der Waals surface area (Å²) in [4.78, 5) is 0. The molecular weight excluding hydrogens is 340 g/mol. The van der Waals surface area contributed by atoms with Crippen molar-refractivity contribution in [3.8, 4) is 0 Å². The molecular formula is C15H12Br2. The maximum Gasteiger partial charge on any atom is 0.0954 e. The van der Waals surface area contributed by atoms with Crippen molar-refractivity contribution in [2.75, 3.05) is 0 Å². The van der Waals surface area contributed by atoms with Crippen LogP contribution in [0.2, 0.25) is 0 Å². The Morgan fingerprint density at radius 2 is 1.00 bits per heavy atom. The summed E-state index contributed by atoms with van der Waals surface area (Å²) in [5.74, 6) is 1.01. The van der Waals surface area contributed by atoms with Gasteiger partial charge in [-0.1, -0.05) is 92.5 Å². The van der Waals surface area contributed by atoms with Gasteiger partial charge in [-0.3, -0.25) is 0 Å². The average Bonchev–Trinajstić information content (AvgIpc) is 2.94. The summed E-state index contributed by atoms with van der Waals surface area (Å²) in [6.07, 6.45) is 0. The number of alkyl halides is 2. The first kappa shape index (κ1) is 11.5. The van der Waals surface area contributed by atoms with Crippen molar-refractivity contribution in [1.82, 2.24) is 0 Å². The van der Waals surface area contributed by atoms with Gasteiger partial charge in [0, 0.05) is 11.8 Å². The number of hydrogen-bond acceptors (Lipinski definition) is 0. The number of rotatable bonds is 2. The Bertz CT molecular complexity index is 457. The Kier molecular flexibility index (Phi) is 2.87. The monoisotopic (exact) mass is 350 g/mol. The molecule has 0 heterocycles. The molecule has 2 heteroatoms. The lowest BCUT2D eigenvalue weighted by Gasteiger charge is -1.99. The Morgan fingerprint density at radius 1 is 0.647 bits per heavy atom. The third kappa shape index (κ3) is 1.98. The number of halogens is 2. The van der Waals surface area contributed by atoms with E-state index >= 15 is 0 Å². The molecule has 1 aliphatic rings. The highest BCUT2D eigenvalue weighted by molar-refractivity contribution is 9.25. The van der Waals surface area contributed by atoms with Crippen molar-refractivity contribution >= 4 is 31.9 Å². The van der Waals surface area contributed by atoms with Crippen molar-refractivity contribution in [2.45, 2.75) is 15.1 Å². The molecule has 17 heavy (non-hydrogen) atoms. The molecule has 2 atom stereocenters. The van der Waals surface area contributed by atoms with Crippen LogP contribution in [0.15, 0.2) is 60.7 Å². The van der Waals surface area contributed by atoms with E-state index < -0.39 is 0 Å². The van der Waals surface area contributed by atoms with E-state index in [9.17, 15) is 0 Å². The largest absolute Gasteiger partial charge is 0.0954 e. The Morgan fingerprint density at radius 3 is 1.35 bits per heavy atom. The van der Waals surface area contributed by atoms with E-state index in [1.165, 1.54) is 11.1 Å². The van der Waals surface area contributed by atoms with E-state index in [0.717, 1.165) is 0 Å². The Hall–Kier alpha value is -0.600. The molecule has 1 saturated carbocycles. The van der Waals surface area contributed by atoms with Crippen LogP contribution in [0.4, 0.5) is 0 Å². The highest BCUT2D eigenvalue weighted by atomic mass is 79.9. The van der Waals surface area contributed by atoms with E-state index in [2.05, 4.69) is 92.5 Å². The van der Waals surface area contributed by atoms with E-state index in [1.54, 1.807) is 0 Å². The molecule has 0 unspecified atom stereocenters. The zero-order valence-corrected chi connectivity index (χ0v) is 12.4. The summed E-state index contributed by atoms with van der Waals surface area (Å²) in [7, 11) is 0. The minimum absolute atomic E-state index is 0.0166. The maximum absolute atomic E-state index is 3.81. The molecule has 1 aliphatic carbocycles. The van der Waals surface area contributed by atoms with Crippen LogP contribution >= 0.6 is 31.9 Å². The summed E-state index contributed by atoms with van der Waals surface area (Å²) in [6.45, 7) is 0. The van der Waals surface area contributed by atoms with Crippen LogP contribution < -0.4 is 0 Å². The van der Waals surface area contributed by atoms with Gasteiger partial charge in [0.15, 0.2) is 0 Å². The molecule has 0 nitrogen and oxygen atoms in total. The van der Waals surface area contributed by atoms with Crippen LogP contribution in [-0.2, 0) is 0 Å². The summed E-state index contributed by atoms with van der Waals surface area (Å²) in [5, 5.41) is 0. The second kappa shape index (κ2) is 4.25. The van der Waals surface area contributed by atoms with Gasteiger partial charge in [0.25, 0.3) is 0 Å². The molecule has 86 valence electrons. The standard InChI is InChI=1S/C15H12Br2/c16-15(17)13(11-7-3-1-4-8-11)14(15)12-9-5-2-6-10-12/h1-10,13-14H/t13-,14+. The molecule has 2 aromatic rings. The second-order valence-electron chi connectivity index (χ2n) is 4.45. The van der Waals surface area contributed by atoms with E-state index in [1.807, 2.05) is 0 Å². The van der Waals surface area contributed by atoms with Crippen LogP contribution in [0.25, 0.3) is 0 Å². The van der Waals surface area contributed by atoms with Crippen LogP contribution in [0.3, 0.4) is 0 Å². The third-order valence-electron chi connectivity index (χ3n) is 3.37. The first-order valence-corrected chi connectivity index (χ1v) is 7.27. The van der Waals surface area contributed by atoms with E-state index in [0.29, 0.717) is 11.8 Å². The lowest BCUT2D eigenvalue weighted by atomic mass is 10.0. The maximum atomic E-state index is 3.81. The minimum atomic E-state index is 0.0166. The zero-order chi connectivity index (χ0) is 11.9. The van der Waals surface area contributed by atoms with Gasteiger partial charge < -0.3 is 0 Å². The molecule has 0 amide bonds. The SMILES string of the molecule is BrC1(Br)[C@H](c2ccccc2)[C@@H]1c1ccccc1. The predicted octanol–water partition coefficient (Wildman–Crippen LogP) is 5.05. The van der Waals surface area contributed by atoms with Crippen LogP contribution in [-0.4, -0.2) is 3.23 Å². The summed E-state index contributed by atoms with van der Waals surface area (Å²) < 4.78 is 0.0166. The summed E-state index contributed by atoms with van der Waals surface area (Å²) >= 11 is 7.62. The van der Waals surface area contributed by atoms with Crippen molar-refractivity contribution in [1.29, 1.82) is 0 Å². The normalized spacial score (nSPS) is 25.5. The predicted molar refractivity (Wildman–Crippen MR) is 79.0 cm³/mol. The summed E-state index contributed by atoms with van der Waals surface area (Å²) in [5.41, 5.74) is 2.77. The lowest BCUT2D eigenvalue weighted by Crippen LogP contribution is -1.88. The van der Waals surface area contributed by atoms with Gasteiger partial charge in [-0.2, -0.15) is 0 Å².